The van der Waals surface area contributed by atoms with Crippen LogP contribution in [-0.2, 0) is 9.84 Å². The first-order chi connectivity index (χ1) is 18.9. The third-order valence-electron chi connectivity index (χ3n) is 5.75. The molecule has 212 valence electrons. The number of aliphatic hydroxyl groups is 1. The smallest absolute Gasteiger partial charge is 0.207 e. The number of likely N-dealkylation sites (N-methyl/N-ethyl adjacent to an activating group) is 1. The molecule has 0 atom stereocenters. The second kappa shape index (κ2) is 12.7. The molecule has 4 aromatic rings. The van der Waals surface area contributed by atoms with Gasteiger partial charge in [0, 0.05) is 5.56 Å². The van der Waals surface area contributed by atoms with Crippen molar-refractivity contribution in [1.82, 2.24) is 15.0 Å². The Kier molecular flexibility index (Phi) is 9.64. The number of hydrogen-bond acceptors (Lipinski definition) is 9. The van der Waals surface area contributed by atoms with Gasteiger partial charge in [0.15, 0.2) is 5.69 Å². The lowest BCUT2D eigenvalue weighted by atomic mass is 10.2. The highest BCUT2D eigenvalue weighted by molar-refractivity contribution is 7.91. The van der Waals surface area contributed by atoms with Crippen LogP contribution in [0, 0.1) is 0 Å². The van der Waals surface area contributed by atoms with E-state index in [1.807, 2.05) is 0 Å². The average Bonchev–Trinajstić information content (AvgIpc) is 3.42. The topological polar surface area (TPSA) is 144 Å². The fourth-order valence-electron chi connectivity index (χ4n) is 3.66. The van der Waals surface area contributed by atoms with Gasteiger partial charge >= 0.3 is 0 Å². The van der Waals surface area contributed by atoms with E-state index in [2.05, 4.69) is 31.5 Å². The van der Waals surface area contributed by atoms with Gasteiger partial charge in [-0.2, -0.15) is 0 Å². The van der Waals surface area contributed by atoms with Gasteiger partial charge in [-0.25, -0.2) is 13.1 Å². The molecule has 1 heterocycles. The maximum absolute atomic E-state index is 13.3. The monoisotopic (exact) mass is 568 g/mol. The van der Waals surface area contributed by atoms with Crippen molar-refractivity contribution in [1.29, 1.82) is 0 Å². The summed E-state index contributed by atoms with van der Waals surface area (Å²) < 4.78 is 39.8. The first-order valence-corrected chi connectivity index (χ1v) is 13.6. The lowest BCUT2D eigenvalue weighted by Gasteiger charge is -2.21. The van der Waals surface area contributed by atoms with Crippen molar-refractivity contribution in [2.45, 2.75) is 9.79 Å². The Bertz CT molecular complexity index is 1540. The van der Waals surface area contributed by atoms with Crippen molar-refractivity contribution in [3.8, 4) is 28.4 Å². The van der Waals surface area contributed by atoms with Crippen LogP contribution in [0.1, 0.15) is 10.4 Å². The van der Waals surface area contributed by atoms with Crippen molar-refractivity contribution in [2.24, 2.45) is 0 Å². The Hall–Kier alpha value is -4.26. The zero-order valence-electron chi connectivity index (χ0n) is 22.9. The molecule has 40 heavy (non-hydrogen) atoms. The van der Waals surface area contributed by atoms with Gasteiger partial charge in [0.1, 0.15) is 23.7 Å². The highest BCUT2D eigenvalue weighted by atomic mass is 32.2. The van der Waals surface area contributed by atoms with Gasteiger partial charge in [0.25, 0.3) is 0 Å². The fraction of sp³-hybridized carbons (Fsp3) is 0.250. The van der Waals surface area contributed by atoms with Gasteiger partial charge in [-0.15, -0.1) is 5.10 Å². The van der Waals surface area contributed by atoms with E-state index in [1.165, 1.54) is 49.2 Å². The Morgan fingerprint density at radius 3 is 2.05 bits per heavy atom. The van der Waals surface area contributed by atoms with Gasteiger partial charge in [-0.1, -0.05) is 41.6 Å². The number of ether oxygens (including phenoxy) is 2. The molecule has 3 aromatic carbocycles. The van der Waals surface area contributed by atoms with Crippen molar-refractivity contribution in [3.63, 3.8) is 0 Å². The molecule has 0 bridgehead atoms. The number of carboxylic acids is 1. The average molecular weight is 569 g/mol. The third-order valence-corrected chi connectivity index (χ3v) is 7.58. The van der Waals surface area contributed by atoms with Gasteiger partial charge in [-0.3, -0.25) is 0 Å². The molecule has 0 unspecified atom stereocenters. The number of rotatable bonds is 9. The van der Waals surface area contributed by atoms with Crippen LogP contribution in [0.5, 0.6) is 11.5 Å². The van der Waals surface area contributed by atoms with Crippen LogP contribution in [0.4, 0.5) is 0 Å². The summed E-state index contributed by atoms with van der Waals surface area (Å²) in [6.45, 7) is 1.11. The number of para-hydroxylation sites is 1. The summed E-state index contributed by atoms with van der Waals surface area (Å²) in [6.07, 6.45) is 1.58. The van der Waals surface area contributed by atoms with Gasteiger partial charge in [-0.05, 0) is 35.9 Å². The standard InChI is InChI=1S/C23H19N3O6S.C5H14NO/c1-31-19-7-5-8-20(32-2)22(19)26-14-18(24-25-26)17-6-3-4-9-21(17)33(29,30)16-12-10-15(11-13-16)23(27)28;1-6(2,3)4-5-7/h3-14H,1-2H3,(H,27,28);7H,4-5H2,1-3H3/q;+1/p-1. The molecule has 0 aliphatic rings. The third kappa shape index (κ3) is 7.03. The van der Waals surface area contributed by atoms with E-state index >= 15 is 0 Å². The predicted octanol–water partition coefficient (Wildman–Crippen LogP) is 1.83. The van der Waals surface area contributed by atoms with Crippen LogP contribution >= 0.6 is 0 Å². The molecule has 0 aliphatic carbocycles. The summed E-state index contributed by atoms with van der Waals surface area (Å²) in [7, 11) is 5.21. The minimum atomic E-state index is -3.98. The first kappa shape index (κ1) is 30.3. The van der Waals surface area contributed by atoms with Gasteiger partial charge in [0.2, 0.25) is 9.84 Å². The maximum atomic E-state index is 13.3. The van der Waals surface area contributed by atoms with E-state index in [0.29, 0.717) is 28.4 Å². The number of methoxy groups -OCH3 is 2. The molecule has 1 N–H and O–H groups in total. The summed E-state index contributed by atoms with van der Waals surface area (Å²) in [6, 6.07) is 16.5. The number of hydrogen-bond donors (Lipinski definition) is 1. The molecule has 1 aromatic heterocycles. The summed E-state index contributed by atoms with van der Waals surface area (Å²) >= 11 is 0. The zero-order valence-corrected chi connectivity index (χ0v) is 23.8. The molecule has 12 heteroatoms. The summed E-state index contributed by atoms with van der Waals surface area (Å²) in [5.74, 6) is -0.387. The second-order valence-corrected chi connectivity index (χ2v) is 11.5. The molecule has 4 rings (SSSR count). The summed E-state index contributed by atoms with van der Waals surface area (Å²) in [5, 5.41) is 27.7. The largest absolute Gasteiger partial charge is 0.545 e. The highest BCUT2D eigenvalue weighted by Gasteiger charge is 2.24. The molecule has 0 saturated carbocycles. The Morgan fingerprint density at radius 1 is 0.950 bits per heavy atom. The van der Waals surface area contributed by atoms with Crippen LogP contribution in [0.25, 0.3) is 16.9 Å². The molecule has 0 aliphatic heterocycles. The van der Waals surface area contributed by atoms with E-state index in [-0.39, 0.29) is 22.0 Å². The first-order valence-electron chi connectivity index (χ1n) is 12.1. The molecule has 0 spiro atoms. The molecular formula is C28H32N4O7S. The number of benzene rings is 3. The predicted molar refractivity (Wildman–Crippen MR) is 146 cm³/mol. The SMILES string of the molecule is COc1cccc(OC)c1-n1cc(-c2ccccc2S(=O)(=O)c2ccc(C(=O)[O-])cc2)nn1.C[N+](C)(C)CCO. The molecule has 11 nitrogen and oxygen atoms in total. The number of carbonyl (C=O) groups is 1. The van der Waals surface area contributed by atoms with Crippen LogP contribution in [-0.4, -0.2) is 87.5 Å². The minimum absolute atomic E-state index is 0.00485. The number of sulfone groups is 1. The Morgan fingerprint density at radius 2 is 1.55 bits per heavy atom. The number of aromatic nitrogens is 3. The maximum Gasteiger partial charge on any atom is 0.207 e. The van der Waals surface area contributed by atoms with Crippen molar-refractivity contribution >= 4 is 15.8 Å². The molecule has 0 radical (unpaired) electrons. The molecule has 0 saturated heterocycles. The van der Waals surface area contributed by atoms with Crippen molar-refractivity contribution in [2.75, 3.05) is 48.5 Å². The minimum Gasteiger partial charge on any atom is -0.545 e. The van der Waals surface area contributed by atoms with Crippen LogP contribution in [0.15, 0.2) is 82.7 Å². The number of quaternary nitrogens is 1. The van der Waals surface area contributed by atoms with Crippen LogP contribution < -0.4 is 14.6 Å². The number of carbonyl (C=O) groups excluding carboxylic acids is 1. The second-order valence-electron chi connectivity index (χ2n) is 9.61. The summed E-state index contributed by atoms with van der Waals surface area (Å²) in [4.78, 5) is 10.9. The van der Waals surface area contributed by atoms with Gasteiger partial charge < -0.3 is 29.0 Å². The lowest BCUT2D eigenvalue weighted by Crippen LogP contribution is -2.36. The molecule has 0 amide bonds. The highest BCUT2D eigenvalue weighted by Crippen LogP contribution is 2.34. The summed E-state index contributed by atoms with van der Waals surface area (Å²) in [5.41, 5.74) is 1.05. The van der Waals surface area contributed by atoms with Crippen molar-refractivity contribution in [3.05, 3.63) is 78.5 Å². The number of carboxylic acid groups (broad SMARTS) is 1. The van der Waals surface area contributed by atoms with E-state index < -0.39 is 15.8 Å². The van der Waals surface area contributed by atoms with Crippen molar-refractivity contribution < 1.29 is 37.4 Å². The number of aliphatic hydroxyl groups excluding tert-OH is 1. The molecular weight excluding hydrogens is 536 g/mol. The van der Waals surface area contributed by atoms with E-state index in [9.17, 15) is 18.3 Å². The quantitative estimate of drug-likeness (QED) is 0.299. The van der Waals surface area contributed by atoms with Crippen LogP contribution in [0.2, 0.25) is 0 Å². The lowest BCUT2D eigenvalue weighted by molar-refractivity contribution is -0.870. The van der Waals surface area contributed by atoms with Crippen LogP contribution in [0.3, 0.4) is 0 Å². The number of nitrogens with zero attached hydrogens (tertiary/aromatic N) is 4. The normalized spacial score (nSPS) is 11.3. The fourth-order valence-corrected chi connectivity index (χ4v) is 5.13. The van der Waals surface area contributed by atoms with Gasteiger partial charge in [0.05, 0.1) is 63.9 Å². The zero-order chi connectivity index (χ0) is 29.5. The van der Waals surface area contributed by atoms with E-state index in [1.54, 1.807) is 42.6 Å². The Balaban J connectivity index is 0.000000559. The number of aromatic carboxylic acids is 1. The van der Waals surface area contributed by atoms with E-state index in [4.69, 9.17) is 14.6 Å². The van der Waals surface area contributed by atoms with E-state index in [0.717, 1.165) is 11.0 Å². The Labute approximate surface area is 233 Å². The molecule has 0 fully saturated rings.